The maximum Gasteiger partial charge on any atom is 0.240 e. The van der Waals surface area contributed by atoms with Crippen molar-refractivity contribution in [2.45, 2.75) is 11.4 Å². The molecule has 3 aromatic carbocycles. The second kappa shape index (κ2) is 7.29. The smallest absolute Gasteiger partial charge is 0.240 e. The lowest BCUT2D eigenvalue weighted by atomic mass is 10.2. The third kappa shape index (κ3) is 4.22. The summed E-state index contributed by atoms with van der Waals surface area (Å²) >= 11 is 0. The van der Waals surface area contributed by atoms with E-state index in [-0.39, 0.29) is 11.4 Å². The molecule has 24 heavy (non-hydrogen) atoms. The molecule has 0 saturated carbocycles. The Morgan fingerprint density at radius 2 is 1.38 bits per heavy atom. The summed E-state index contributed by atoms with van der Waals surface area (Å²) in [6.45, 7) is 0.198. The second-order valence-electron chi connectivity index (χ2n) is 5.20. The maximum absolute atomic E-state index is 12.2. The first-order chi connectivity index (χ1) is 11.6. The van der Waals surface area contributed by atoms with E-state index in [1.54, 1.807) is 30.3 Å². The van der Waals surface area contributed by atoms with Crippen molar-refractivity contribution >= 4 is 10.0 Å². The van der Waals surface area contributed by atoms with Crippen molar-refractivity contribution in [3.63, 3.8) is 0 Å². The van der Waals surface area contributed by atoms with Crippen molar-refractivity contribution in [1.82, 2.24) is 4.72 Å². The third-order valence-corrected chi connectivity index (χ3v) is 4.81. The number of sulfonamides is 1. The van der Waals surface area contributed by atoms with Crippen LogP contribution in [0, 0.1) is 0 Å². The minimum absolute atomic E-state index is 0.198. The van der Waals surface area contributed by atoms with Crippen LogP contribution in [0.5, 0.6) is 11.5 Å². The largest absolute Gasteiger partial charge is 0.457 e. The van der Waals surface area contributed by atoms with Crippen molar-refractivity contribution < 1.29 is 13.2 Å². The summed E-state index contributed by atoms with van der Waals surface area (Å²) in [4.78, 5) is 0.252. The molecular formula is C19H17NO3S. The highest BCUT2D eigenvalue weighted by atomic mass is 32.2. The number of nitrogens with one attached hydrogen (secondary N) is 1. The molecule has 3 aromatic rings. The fourth-order valence-corrected chi connectivity index (χ4v) is 3.24. The molecule has 0 bridgehead atoms. The van der Waals surface area contributed by atoms with Crippen molar-refractivity contribution in [2.24, 2.45) is 0 Å². The van der Waals surface area contributed by atoms with E-state index >= 15 is 0 Å². The van der Waals surface area contributed by atoms with Gasteiger partial charge in [-0.15, -0.1) is 0 Å². The Morgan fingerprint density at radius 1 is 0.750 bits per heavy atom. The average molecular weight is 339 g/mol. The Kier molecular flexibility index (Phi) is 4.93. The molecule has 0 aliphatic carbocycles. The number of hydrogen-bond acceptors (Lipinski definition) is 3. The van der Waals surface area contributed by atoms with Gasteiger partial charge in [0.1, 0.15) is 11.5 Å². The van der Waals surface area contributed by atoms with Crippen LogP contribution in [0.4, 0.5) is 0 Å². The molecule has 0 spiro atoms. The third-order valence-electron chi connectivity index (χ3n) is 3.40. The van der Waals surface area contributed by atoms with Crippen LogP contribution in [0.15, 0.2) is 89.8 Å². The zero-order chi connectivity index (χ0) is 16.8. The fourth-order valence-electron chi connectivity index (χ4n) is 2.20. The predicted octanol–water partition coefficient (Wildman–Crippen LogP) is 3.96. The van der Waals surface area contributed by atoms with Crippen LogP contribution in [0.1, 0.15) is 5.56 Å². The summed E-state index contributed by atoms with van der Waals surface area (Å²) in [7, 11) is -3.52. The standard InChI is InChI=1S/C19H17NO3S/c21-24(22,19-12-5-2-6-13-19)20-15-16-8-7-11-18(14-16)23-17-9-3-1-4-10-17/h1-14,20H,15H2. The number of benzene rings is 3. The molecule has 4 nitrogen and oxygen atoms in total. The minimum Gasteiger partial charge on any atom is -0.457 e. The molecule has 1 N–H and O–H groups in total. The topological polar surface area (TPSA) is 55.4 Å². The van der Waals surface area contributed by atoms with Crippen LogP contribution in [0.3, 0.4) is 0 Å². The lowest BCUT2D eigenvalue weighted by molar-refractivity contribution is 0.482. The lowest BCUT2D eigenvalue weighted by Gasteiger charge is -2.09. The zero-order valence-corrected chi connectivity index (χ0v) is 13.7. The second-order valence-corrected chi connectivity index (χ2v) is 6.97. The molecule has 0 unspecified atom stereocenters. The molecule has 3 rings (SSSR count). The van der Waals surface area contributed by atoms with Gasteiger partial charge in [0.2, 0.25) is 10.0 Å². The quantitative estimate of drug-likeness (QED) is 0.739. The van der Waals surface area contributed by atoms with Crippen LogP contribution in [-0.2, 0) is 16.6 Å². The Morgan fingerprint density at radius 3 is 2.08 bits per heavy atom. The van der Waals surface area contributed by atoms with Crippen LogP contribution in [-0.4, -0.2) is 8.42 Å². The van der Waals surface area contributed by atoms with E-state index in [0.717, 1.165) is 11.3 Å². The van der Waals surface area contributed by atoms with Gasteiger partial charge in [-0.25, -0.2) is 13.1 Å². The van der Waals surface area contributed by atoms with Gasteiger partial charge < -0.3 is 4.74 Å². The van der Waals surface area contributed by atoms with Gasteiger partial charge in [-0.2, -0.15) is 0 Å². The number of hydrogen-bond donors (Lipinski definition) is 1. The van der Waals surface area contributed by atoms with Gasteiger partial charge in [-0.1, -0.05) is 48.5 Å². The Bertz CT molecular complexity index is 894. The number of rotatable bonds is 6. The first kappa shape index (κ1) is 16.2. The van der Waals surface area contributed by atoms with Gasteiger partial charge >= 0.3 is 0 Å². The fraction of sp³-hybridized carbons (Fsp3) is 0.0526. The van der Waals surface area contributed by atoms with E-state index in [1.807, 2.05) is 54.6 Å². The van der Waals surface area contributed by atoms with Gasteiger partial charge in [0, 0.05) is 6.54 Å². The van der Waals surface area contributed by atoms with E-state index in [0.29, 0.717) is 5.75 Å². The highest BCUT2D eigenvalue weighted by molar-refractivity contribution is 7.89. The molecule has 122 valence electrons. The van der Waals surface area contributed by atoms with Crippen LogP contribution < -0.4 is 9.46 Å². The maximum atomic E-state index is 12.2. The Labute approximate surface area is 141 Å². The van der Waals surface area contributed by atoms with E-state index in [4.69, 9.17) is 4.74 Å². The minimum atomic E-state index is -3.52. The molecule has 0 aromatic heterocycles. The molecule has 0 heterocycles. The summed E-state index contributed by atoms with van der Waals surface area (Å²) in [5.41, 5.74) is 0.822. The zero-order valence-electron chi connectivity index (χ0n) is 12.9. The Hall–Kier alpha value is -2.63. The van der Waals surface area contributed by atoms with E-state index < -0.39 is 10.0 Å². The van der Waals surface area contributed by atoms with Crippen LogP contribution in [0.25, 0.3) is 0 Å². The van der Waals surface area contributed by atoms with Gasteiger partial charge in [0.15, 0.2) is 0 Å². The average Bonchev–Trinajstić information content (AvgIpc) is 2.62. The van der Waals surface area contributed by atoms with E-state index in [9.17, 15) is 8.42 Å². The highest BCUT2D eigenvalue weighted by Gasteiger charge is 2.12. The number of ether oxygens (including phenoxy) is 1. The van der Waals surface area contributed by atoms with Crippen molar-refractivity contribution in [3.8, 4) is 11.5 Å². The molecule has 0 amide bonds. The van der Waals surface area contributed by atoms with Gasteiger partial charge in [0.05, 0.1) is 4.90 Å². The normalized spacial score (nSPS) is 11.2. The molecule has 0 fully saturated rings. The van der Waals surface area contributed by atoms with Gasteiger partial charge in [0.25, 0.3) is 0 Å². The molecule has 5 heteroatoms. The van der Waals surface area contributed by atoms with E-state index in [2.05, 4.69) is 4.72 Å². The summed E-state index contributed by atoms with van der Waals surface area (Å²) in [6, 6.07) is 25.1. The number of para-hydroxylation sites is 1. The molecule has 0 aliphatic rings. The predicted molar refractivity (Wildman–Crippen MR) is 93.4 cm³/mol. The first-order valence-electron chi connectivity index (χ1n) is 7.50. The van der Waals surface area contributed by atoms with Crippen molar-refractivity contribution in [2.75, 3.05) is 0 Å². The monoisotopic (exact) mass is 339 g/mol. The molecular weight excluding hydrogens is 322 g/mol. The summed E-state index contributed by atoms with van der Waals surface area (Å²) in [5, 5.41) is 0. The molecule has 0 radical (unpaired) electrons. The molecule has 0 atom stereocenters. The summed E-state index contributed by atoms with van der Waals surface area (Å²) in [5.74, 6) is 1.40. The Balaban J connectivity index is 1.69. The highest BCUT2D eigenvalue weighted by Crippen LogP contribution is 2.22. The first-order valence-corrected chi connectivity index (χ1v) is 8.98. The SMILES string of the molecule is O=S(=O)(NCc1cccc(Oc2ccccc2)c1)c1ccccc1. The summed E-state index contributed by atoms with van der Waals surface area (Å²) in [6.07, 6.45) is 0. The van der Waals surface area contributed by atoms with Gasteiger partial charge in [-0.05, 0) is 42.0 Å². The lowest BCUT2D eigenvalue weighted by Crippen LogP contribution is -2.23. The molecule has 0 aliphatic heterocycles. The van der Waals surface area contributed by atoms with Gasteiger partial charge in [-0.3, -0.25) is 0 Å². The van der Waals surface area contributed by atoms with Crippen molar-refractivity contribution in [1.29, 1.82) is 0 Å². The van der Waals surface area contributed by atoms with Crippen LogP contribution >= 0.6 is 0 Å². The van der Waals surface area contributed by atoms with Crippen molar-refractivity contribution in [3.05, 3.63) is 90.5 Å². The molecule has 0 saturated heterocycles. The summed E-state index contributed by atoms with van der Waals surface area (Å²) < 4.78 is 32.8. The van der Waals surface area contributed by atoms with E-state index in [1.165, 1.54) is 0 Å². The van der Waals surface area contributed by atoms with Crippen LogP contribution in [0.2, 0.25) is 0 Å².